The summed E-state index contributed by atoms with van der Waals surface area (Å²) in [6, 6.07) is 6.11. The molecule has 0 saturated carbocycles. The van der Waals surface area contributed by atoms with Crippen LogP contribution >= 0.6 is 11.3 Å². The third kappa shape index (κ3) is 3.16. The second kappa shape index (κ2) is 5.08. The van der Waals surface area contributed by atoms with Gasteiger partial charge in [0.25, 0.3) is 5.91 Å². The average molecular weight is 300 g/mol. The lowest BCUT2D eigenvalue weighted by atomic mass is 10.3. The SMILES string of the molecule is NS(=O)(=O)c1ccc(F)cc1NC(=O)c1cccs1. The maximum Gasteiger partial charge on any atom is 0.265 e. The molecular weight excluding hydrogens is 291 g/mol. The van der Waals surface area contributed by atoms with Crippen molar-refractivity contribution in [1.29, 1.82) is 0 Å². The Balaban J connectivity index is 2.39. The first-order valence-corrected chi connectivity index (χ1v) is 7.48. The summed E-state index contributed by atoms with van der Waals surface area (Å²) in [6.45, 7) is 0. The molecule has 8 heteroatoms. The zero-order chi connectivity index (χ0) is 14.0. The number of primary sulfonamides is 1. The normalized spacial score (nSPS) is 11.3. The van der Waals surface area contributed by atoms with Crippen LogP contribution in [0.5, 0.6) is 0 Å². The maximum absolute atomic E-state index is 13.1. The van der Waals surface area contributed by atoms with E-state index in [-0.39, 0.29) is 10.6 Å². The van der Waals surface area contributed by atoms with Crippen molar-refractivity contribution in [3.05, 3.63) is 46.4 Å². The summed E-state index contributed by atoms with van der Waals surface area (Å²) < 4.78 is 35.8. The van der Waals surface area contributed by atoms with Gasteiger partial charge in [-0.1, -0.05) is 6.07 Å². The lowest BCUT2D eigenvalue weighted by Crippen LogP contribution is -2.18. The molecule has 0 radical (unpaired) electrons. The van der Waals surface area contributed by atoms with Gasteiger partial charge in [0.15, 0.2) is 0 Å². The van der Waals surface area contributed by atoms with Crippen molar-refractivity contribution in [2.45, 2.75) is 4.90 Å². The Bertz CT molecular complexity index is 712. The number of hydrogen-bond acceptors (Lipinski definition) is 4. The Hall–Kier alpha value is -1.77. The van der Waals surface area contributed by atoms with Gasteiger partial charge < -0.3 is 5.32 Å². The highest BCUT2D eigenvalue weighted by atomic mass is 32.2. The summed E-state index contributed by atoms with van der Waals surface area (Å²) in [5, 5.41) is 9.03. The molecule has 1 heterocycles. The van der Waals surface area contributed by atoms with Crippen molar-refractivity contribution in [2.75, 3.05) is 5.32 Å². The number of benzene rings is 1. The van der Waals surface area contributed by atoms with Crippen LogP contribution in [-0.2, 0) is 10.0 Å². The molecule has 2 rings (SSSR count). The molecule has 1 amide bonds. The van der Waals surface area contributed by atoms with Crippen LogP contribution < -0.4 is 10.5 Å². The monoisotopic (exact) mass is 300 g/mol. The molecular formula is C11H9FN2O3S2. The van der Waals surface area contributed by atoms with Gasteiger partial charge in [-0.2, -0.15) is 0 Å². The molecule has 0 fully saturated rings. The first-order valence-electron chi connectivity index (χ1n) is 5.05. The highest BCUT2D eigenvalue weighted by Crippen LogP contribution is 2.22. The number of amides is 1. The van der Waals surface area contributed by atoms with Crippen LogP contribution in [0, 0.1) is 5.82 Å². The van der Waals surface area contributed by atoms with Crippen LogP contribution in [0.3, 0.4) is 0 Å². The molecule has 1 aromatic carbocycles. The van der Waals surface area contributed by atoms with Crippen LogP contribution in [-0.4, -0.2) is 14.3 Å². The first kappa shape index (κ1) is 13.7. The van der Waals surface area contributed by atoms with E-state index in [1.807, 2.05) is 0 Å². The number of thiophene rings is 1. The topological polar surface area (TPSA) is 89.3 Å². The van der Waals surface area contributed by atoms with Crippen LogP contribution in [0.15, 0.2) is 40.6 Å². The Morgan fingerprint density at radius 1 is 1.32 bits per heavy atom. The quantitative estimate of drug-likeness (QED) is 0.905. The molecule has 1 aromatic heterocycles. The number of nitrogens with one attached hydrogen (secondary N) is 1. The van der Waals surface area contributed by atoms with Crippen molar-refractivity contribution in [2.24, 2.45) is 5.14 Å². The van der Waals surface area contributed by atoms with E-state index in [0.29, 0.717) is 4.88 Å². The fourth-order valence-corrected chi connectivity index (χ4v) is 2.73. The average Bonchev–Trinajstić information content (AvgIpc) is 2.80. The van der Waals surface area contributed by atoms with Crippen molar-refractivity contribution >= 4 is 33.0 Å². The van der Waals surface area contributed by atoms with Gasteiger partial charge in [-0.05, 0) is 29.6 Å². The van der Waals surface area contributed by atoms with Crippen molar-refractivity contribution in [3.8, 4) is 0 Å². The first-order chi connectivity index (χ1) is 8.88. The van der Waals surface area contributed by atoms with E-state index < -0.39 is 21.7 Å². The summed E-state index contributed by atoms with van der Waals surface area (Å²) in [7, 11) is -4.04. The van der Waals surface area contributed by atoms with Gasteiger partial charge in [0.05, 0.1) is 10.6 Å². The van der Waals surface area contributed by atoms with Crippen LogP contribution in [0.25, 0.3) is 0 Å². The molecule has 0 aliphatic carbocycles. The second-order valence-electron chi connectivity index (χ2n) is 3.62. The molecule has 0 aliphatic heterocycles. The summed E-state index contributed by atoms with van der Waals surface area (Å²) in [5.74, 6) is -1.20. The van der Waals surface area contributed by atoms with Gasteiger partial charge in [-0.25, -0.2) is 17.9 Å². The predicted molar refractivity (Wildman–Crippen MR) is 70.0 cm³/mol. The predicted octanol–water partition coefficient (Wildman–Crippen LogP) is 1.79. The van der Waals surface area contributed by atoms with E-state index in [1.54, 1.807) is 17.5 Å². The van der Waals surface area contributed by atoms with E-state index in [0.717, 1.165) is 18.2 Å². The lowest BCUT2D eigenvalue weighted by Gasteiger charge is -2.08. The van der Waals surface area contributed by atoms with Crippen molar-refractivity contribution in [1.82, 2.24) is 0 Å². The highest BCUT2D eigenvalue weighted by molar-refractivity contribution is 7.89. The summed E-state index contributed by atoms with van der Waals surface area (Å²) in [5.41, 5.74) is -0.180. The molecule has 0 aliphatic rings. The number of anilines is 1. The number of rotatable bonds is 3. The molecule has 3 N–H and O–H groups in total. The Morgan fingerprint density at radius 3 is 2.63 bits per heavy atom. The Morgan fingerprint density at radius 2 is 2.05 bits per heavy atom. The van der Waals surface area contributed by atoms with Crippen LogP contribution in [0.2, 0.25) is 0 Å². The Kier molecular flexibility index (Phi) is 3.65. The largest absolute Gasteiger partial charge is 0.320 e. The standard InChI is InChI=1S/C11H9FN2O3S2/c12-7-3-4-10(19(13,16)17)8(6-7)14-11(15)9-2-1-5-18-9/h1-6H,(H,14,15)(H2,13,16,17). The number of nitrogens with two attached hydrogens (primary N) is 1. The second-order valence-corrected chi connectivity index (χ2v) is 6.09. The third-order valence-corrected chi connectivity index (χ3v) is 4.08. The van der Waals surface area contributed by atoms with E-state index in [9.17, 15) is 17.6 Å². The van der Waals surface area contributed by atoms with Gasteiger partial charge in [-0.15, -0.1) is 11.3 Å². The molecule has 0 atom stereocenters. The Labute approximate surface area is 112 Å². The van der Waals surface area contributed by atoms with Gasteiger partial charge >= 0.3 is 0 Å². The number of halogens is 1. The number of hydrogen-bond donors (Lipinski definition) is 2. The van der Waals surface area contributed by atoms with Gasteiger partial charge in [0.2, 0.25) is 10.0 Å². The lowest BCUT2D eigenvalue weighted by molar-refractivity contribution is 0.103. The number of carbonyl (C=O) groups excluding carboxylic acids is 1. The minimum atomic E-state index is -4.04. The molecule has 5 nitrogen and oxygen atoms in total. The number of sulfonamides is 1. The van der Waals surface area contributed by atoms with Gasteiger partial charge in [0, 0.05) is 0 Å². The molecule has 0 bridgehead atoms. The van der Waals surface area contributed by atoms with Crippen LogP contribution in [0.1, 0.15) is 9.67 Å². The smallest absolute Gasteiger partial charge is 0.265 e. The van der Waals surface area contributed by atoms with Crippen molar-refractivity contribution < 1.29 is 17.6 Å². The zero-order valence-corrected chi connectivity index (χ0v) is 11.1. The molecule has 0 unspecified atom stereocenters. The van der Waals surface area contributed by atoms with E-state index in [1.165, 1.54) is 11.3 Å². The van der Waals surface area contributed by atoms with E-state index in [4.69, 9.17) is 5.14 Å². The molecule has 0 saturated heterocycles. The van der Waals surface area contributed by atoms with Gasteiger partial charge in [0.1, 0.15) is 10.7 Å². The minimum absolute atomic E-state index is 0.180. The van der Waals surface area contributed by atoms with Crippen LogP contribution in [0.4, 0.5) is 10.1 Å². The highest BCUT2D eigenvalue weighted by Gasteiger charge is 2.17. The molecule has 2 aromatic rings. The molecule has 0 spiro atoms. The summed E-state index contributed by atoms with van der Waals surface area (Å²) in [6.07, 6.45) is 0. The summed E-state index contributed by atoms with van der Waals surface area (Å²) in [4.78, 5) is 11.9. The number of carbonyl (C=O) groups is 1. The van der Waals surface area contributed by atoms with E-state index in [2.05, 4.69) is 5.32 Å². The maximum atomic E-state index is 13.1. The van der Waals surface area contributed by atoms with Crippen molar-refractivity contribution in [3.63, 3.8) is 0 Å². The fraction of sp³-hybridized carbons (Fsp3) is 0. The fourth-order valence-electron chi connectivity index (χ4n) is 1.44. The molecule has 19 heavy (non-hydrogen) atoms. The minimum Gasteiger partial charge on any atom is -0.320 e. The third-order valence-electron chi connectivity index (χ3n) is 2.24. The summed E-state index contributed by atoms with van der Waals surface area (Å²) >= 11 is 1.18. The van der Waals surface area contributed by atoms with Gasteiger partial charge in [-0.3, -0.25) is 4.79 Å². The molecule has 100 valence electrons. The zero-order valence-electron chi connectivity index (χ0n) is 9.46. The van der Waals surface area contributed by atoms with E-state index >= 15 is 0 Å².